The SMILES string of the molecule is CCC1(C(=O)O)CCN(C(=O)Cc2ccc(F)c(F)c2)C1. The number of amides is 1. The Kier molecular flexibility index (Phi) is 4.25. The molecule has 0 aromatic heterocycles. The van der Waals surface area contributed by atoms with E-state index in [9.17, 15) is 23.5 Å². The molecule has 1 aliphatic heterocycles. The maximum Gasteiger partial charge on any atom is 0.311 e. The van der Waals surface area contributed by atoms with E-state index in [4.69, 9.17) is 0 Å². The molecule has 6 heteroatoms. The zero-order valence-corrected chi connectivity index (χ0v) is 11.7. The molecule has 1 aromatic rings. The van der Waals surface area contributed by atoms with Crippen molar-refractivity contribution in [1.82, 2.24) is 4.90 Å². The van der Waals surface area contributed by atoms with Crippen LogP contribution in [-0.4, -0.2) is 35.0 Å². The van der Waals surface area contributed by atoms with Gasteiger partial charge in [-0.25, -0.2) is 8.78 Å². The molecule has 1 aromatic carbocycles. The predicted molar refractivity (Wildman–Crippen MR) is 71.6 cm³/mol. The summed E-state index contributed by atoms with van der Waals surface area (Å²) in [4.78, 5) is 25.0. The van der Waals surface area contributed by atoms with Crippen LogP contribution < -0.4 is 0 Å². The van der Waals surface area contributed by atoms with Gasteiger partial charge >= 0.3 is 5.97 Å². The van der Waals surface area contributed by atoms with Crippen molar-refractivity contribution in [2.45, 2.75) is 26.2 Å². The van der Waals surface area contributed by atoms with E-state index in [-0.39, 0.29) is 18.9 Å². The van der Waals surface area contributed by atoms with Crippen molar-refractivity contribution in [3.8, 4) is 0 Å². The minimum absolute atomic E-state index is 0.0589. The Labute approximate surface area is 121 Å². The lowest BCUT2D eigenvalue weighted by atomic mass is 9.84. The number of rotatable bonds is 4. The Morgan fingerprint density at radius 3 is 2.57 bits per heavy atom. The van der Waals surface area contributed by atoms with Gasteiger partial charge in [-0.05, 0) is 30.5 Å². The first-order chi connectivity index (χ1) is 9.88. The summed E-state index contributed by atoms with van der Waals surface area (Å²) in [6, 6.07) is 3.33. The third kappa shape index (κ3) is 3.04. The lowest BCUT2D eigenvalue weighted by molar-refractivity contribution is -0.148. The van der Waals surface area contributed by atoms with E-state index in [2.05, 4.69) is 0 Å². The molecule has 0 radical (unpaired) electrons. The zero-order chi connectivity index (χ0) is 15.6. The normalized spacial score (nSPS) is 21.6. The Morgan fingerprint density at radius 1 is 1.33 bits per heavy atom. The summed E-state index contributed by atoms with van der Waals surface area (Å²) in [6.45, 7) is 2.33. The molecule has 1 aliphatic rings. The smallest absolute Gasteiger partial charge is 0.311 e. The fourth-order valence-corrected chi connectivity index (χ4v) is 2.64. The van der Waals surface area contributed by atoms with Crippen molar-refractivity contribution in [1.29, 1.82) is 0 Å². The average molecular weight is 297 g/mol. The first-order valence-corrected chi connectivity index (χ1v) is 6.83. The van der Waals surface area contributed by atoms with E-state index < -0.39 is 23.0 Å². The fourth-order valence-electron chi connectivity index (χ4n) is 2.64. The second-order valence-corrected chi connectivity index (χ2v) is 5.43. The Bertz CT molecular complexity index is 576. The molecular formula is C15H17F2NO3. The van der Waals surface area contributed by atoms with Gasteiger partial charge in [-0.3, -0.25) is 9.59 Å². The number of carbonyl (C=O) groups is 2. The molecule has 21 heavy (non-hydrogen) atoms. The van der Waals surface area contributed by atoms with Crippen LogP contribution in [0, 0.1) is 17.0 Å². The lowest BCUT2D eigenvalue weighted by Crippen LogP contribution is -2.37. The molecule has 4 nitrogen and oxygen atoms in total. The number of aliphatic carboxylic acids is 1. The van der Waals surface area contributed by atoms with Gasteiger partial charge in [-0.15, -0.1) is 0 Å². The van der Waals surface area contributed by atoms with E-state index in [1.165, 1.54) is 11.0 Å². The number of carboxylic acid groups (broad SMARTS) is 1. The van der Waals surface area contributed by atoms with Crippen molar-refractivity contribution >= 4 is 11.9 Å². The summed E-state index contributed by atoms with van der Waals surface area (Å²) in [5.41, 5.74) is -0.507. The summed E-state index contributed by atoms with van der Waals surface area (Å²) < 4.78 is 26.0. The van der Waals surface area contributed by atoms with Gasteiger partial charge in [-0.1, -0.05) is 13.0 Å². The molecule has 114 valence electrons. The highest BCUT2D eigenvalue weighted by atomic mass is 19.2. The first kappa shape index (κ1) is 15.4. The average Bonchev–Trinajstić information content (AvgIpc) is 2.89. The summed E-state index contributed by atoms with van der Waals surface area (Å²) in [7, 11) is 0. The molecule has 1 fully saturated rings. The van der Waals surface area contributed by atoms with Crippen LogP contribution in [0.25, 0.3) is 0 Å². The number of benzene rings is 1. The van der Waals surface area contributed by atoms with Crippen molar-refractivity contribution in [2.75, 3.05) is 13.1 Å². The van der Waals surface area contributed by atoms with E-state index in [1.807, 2.05) is 0 Å². The molecule has 0 aliphatic carbocycles. The molecule has 0 spiro atoms. The molecular weight excluding hydrogens is 280 g/mol. The standard InChI is InChI=1S/C15H17F2NO3/c1-2-15(14(20)21)5-6-18(9-15)13(19)8-10-3-4-11(16)12(17)7-10/h3-4,7H,2,5-6,8-9H2,1H3,(H,20,21). The highest BCUT2D eigenvalue weighted by Crippen LogP contribution is 2.34. The number of likely N-dealkylation sites (tertiary alicyclic amines) is 1. The van der Waals surface area contributed by atoms with E-state index in [0.717, 1.165) is 12.1 Å². The number of carbonyl (C=O) groups excluding carboxylic acids is 1. The highest BCUT2D eigenvalue weighted by molar-refractivity contribution is 5.82. The van der Waals surface area contributed by atoms with Gasteiger partial charge in [0.2, 0.25) is 5.91 Å². The molecule has 1 amide bonds. The monoisotopic (exact) mass is 297 g/mol. The summed E-state index contributed by atoms with van der Waals surface area (Å²) in [5.74, 6) is -3.11. The topological polar surface area (TPSA) is 57.6 Å². The molecule has 1 N–H and O–H groups in total. The van der Waals surface area contributed by atoms with Gasteiger partial charge < -0.3 is 10.0 Å². The van der Waals surface area contributed by atoms with Crippen LogP contribution in [-0.2, 0) is 16.0 Å². The van der Waals surface area contributed by atoms with Crippen molar-refractivity contribution in [2.24, 2.45) is 5.41 Å². The molecule has 1 atom stereocenters. The Hall–Kier alpha value is -1.98. The number of hydrogen-bond acceptors (Lipinski definition) is 2. The second-order valence-electron chi connectivity index (χ2n) is 5.43. The van der Waals surface area contributed by atoms with Crippen LogP contribution in [0.1, 0.15) is 25.3 Å². The summed E-state index contributed by atoms with van der Waals surface area (Å²) in [5, 5.41) is 9.29. The predicted octanol–water partition coefficient (Wildman–Crippen LogP) is 2.22. The van der Waals surface area contributed by atoms with Crippen molar-refractivity contribution in [3.05, 3.63) is 35.4 Å². The van der Waals surface area contributed by atoms with Gasteiger partial charge in [0.1, 0.15) is 0 Å². The number of nitrogens with zero attached hydrogens (tertiary/aromatic N) is 1. The minimum atomic E-state index is -0.991. The maximum atomic E-state index is 13.1. The molecule has 0 saturated carbocycles. The van der Waals surface area contributed by atoms with E-state index in [0.29, 0.717) is 24.9 Å². The third-order valence-electron chi connectivity index (χ3n) is 4.18. The maximum absolute atomic E-state index is 13.1. The van der Waals surface area contributed by atoms with Crippen LogP contribution in [0.2, 0.25) is 0 Å². The van der Waals surface area contributed by atoms with E-state index in [1.54, 1.807) is 6.92 Å². The molecule has 1 saturated heterocycles. The minimum Gasteiger partial charge on any atom is -0.481 e. The van der Waals surface area contributed by atoms with Crippen molar-refractivity contribution in [3.63, 3.8) is 0 Å². The van der Waals surface area contributed by atoms with Crippen LogP contribution in [0.4, 0.5) is 8.78 Å². The molecule has 1 unspecified atom stereocenters. The molecule has 2 rings (SSSR count). The second kappa shape index (κ2) is 5.79. The number of hydrogen-bond donors (Lipinski definition) is 1. The van der Waals surface area contributed by atoms with Crippen LogP contribution in [0.5, 0.6) is 0 Å². The van der Waals surface area contributed by atoms with Crippen LogP contribution in [0.3, 0.4) is 0 Å². The van der Waals surface area contributed by atoms with Crippen LogP contribution >= 0.6 is 0 Å². The Balaban J connectivity index is 2.05. The largest absolute Gasteiger partial charge is 0.481 e. The van der Waals surface area contributed by atoms with Gasteiger partial charge in [0.25, 0.3) is 0 Å². The van der Waals surface area contributed by atoms with E-state index >= 15 is 0 Å². The number of halogens is 2. The van der Waals surface area contributed by atoms with Gasteiger partial charge in [-0.2, -0.15) is 0 Å². The van der Waals surface area contributed by atoms with Gasteiger partial charge in [0.15, 0.2) is 11.6 Å². The molecule has 1 heterocycles. The Morgan fingerprint density at radius 2 is 2.05 bits per heavy atom. The lowest BCUT2D eigenvalue weighted by Gasteiger charge is -2.23. The summed E-state index contributed by atoms with van der Waals surface area (Å²) in [6.07, 6.45) is 0.816. The fraction of sp³-hybridized carbons (Fsp3) is 0.467. The summed E-state index contributed by atoms with van der Waals surface area (Å²) >= 11 is 0. The first-order valence-electron chi connectivity index (χ1n) is 6.83. The van der Waals surface area contributed by atoms with Gasteiger partial charge in [0, 0.05) is 13.1 Å². The van der Waals surface area contributed by atoms with Crippen LogP contribution in [0.15, 0.2) is 18.2 Å². The third-order valence-corrected chi connectivity index (χ3v) is 4.18. The van der Waals surface area contributed by atoms with Gasteiger partial charge in [0.05, 0.1) is 11.8 Å². The van der Waals surface area contributed by atoms with Crippen molar-refractivity contribution < 1.29 is 23.5 Å². The zero-order valence-electron chi connectivity index (χ0n) is 11.7. The highest BCUT2D eigenvalue weighted by Gasteiger charge is 2.44. The number of carboxylic acids is 1. The quantitative estimate of drug-likeness (QED) is 0.927. The molecule has 0 bridgehead atoms.